The molecule has 2 aliphatic carbocycles. The summed E-state index contributed by atoms with van der Waals surface area (Å²) < 4.78 is 6.57. The number of nitrogens with one attached hydrogen (secondary N) is 1. The Bertz CT molecular complexity index is 1730. The molecule has 2 aliphatic heterocycles. The summed E-state index contributed by atoms with van der Waals surface area (Å²) in [5, 5.41) is 40.2. The molecule has 6 heterocycles. The lowest BCUT2D eigenvalue weighted by Crippen LogP contribution is -2.37. The third-order valence-corrected chi connectivity index (χ3v) is 12.7. The summed E-state index contributed by atoms with van der Waals surface area (Å²) in [6.45, 7) is 3.82. The number of fused-ring (bicyclic) bond motifs is 4. The lowest BCUT2D eigenvalue weighted by atomic mass is 9.78. The van der Waals surface area contributed by atoms with Crippen LogP contribution in [0.5, 0.6) is 0 Å². The lowest BCUT2D eigenvalue weighted by Gasteiger charge is -2.32. The smallest absolute Gasteiger partial charge is 0.214 e. The molecular formula is C24H29BrI2N14O2S2. The minimum absolute atomic E-state index is 0.203. The number of rotatable bonds is 3. The third-order valence-electron chi connectivity index (χ3n) is 8.84. The van der Waals surface area contributed by atoms with Crippen LogP contribution in [0.2, 0.25) is 0 Å². The number of halogens is 3. The second kappa shape index (κ2) is 14.7. The molecule has 0 aromatic carbocycles. The summed E-state index contributed by atoms with van der Waals surface area (Å²) in [5.41, 5.74) is 16.9. The molecule has 0 amide bonds. The van der Waals surface area contributed by atoms with Crippen molar-refractivity contribution in [1.29, 1.82) is 0 Å². The van der Waals surface area contributed by atoms with Gasteiger partial charge in [-0.05, 0) is 135 Å². The van der Waals surface area contributed by atoms with Gasteiger partial charge in [0.15, 0.2) is 3.92 Å². The van der Waals surface area contributed by atoms with Gasteiger partial charge in [-0.2, -0.15) is 9.03 Å². The van der Waals surface area contributed by atoms with Crippen molar-refractivity contribution in [2.75, 3.05) is 31.1 Å². The van der Waals surface area contributed by atoms with Crippen molar-refractivity contribution in [1.82, 2.24) is 34.5 Å². The molecule has 4 aromatic rings. The van der Waals surface area contributed by atoms with Crippen LogP contribution >= 0.6 is 83.8 Å². The zero-order chi connectivity index (χ0) is 31.7. The van der Waals surface area contributed by atoms with Crippen molar-refractivity contribution in [3.63, 3.8) is 0 Å². The molecule has 0 spiro atoms. The average Bonchev–Trinajstić information content (AvgIpc) is 3.85. The highest BCUT2D eigenvalue weighted by atomic mass is 127. The van der Waals surface area contributed by atoms with Gasteiger partial charge in [-0.1, -0.05) is 32.9 Å². The van der Waals surface area contributed by atoms with E-state index in [2.05, 4.69) is 112 Å². The molecule has 4 aliphatic rings. The number of hydrogen-bond acceptors (Lipinski definition) is 12. The second-order valence-electron chi connectivity index (χ2n) is 11.5. The molecular weight excluding hydrogens is 914 g/mol. The Labute approximate surface area is 300 Å². The van der Waals surface area contributed by atoms with Crippen molar-refractivity contribution >= 4 is 98.8 Å². The van der Waals surface area contributed by atoms with Crippen LogP contribution < -0.4 is 10.2 Å². The van der Waals surface area contributed by atoms with Crippen LogP contribution in [0.25, 0.3) is 30.8 Å². The quantitative estimate of drug-likeness (QED) is 0.109. The first-order valence-electron chi connectivity index (χ1n) is 14.3. The van der Waals surface area contributed by atoms with E-state index in [1.165, 1.54) is 11.3 Å². The summed E-state index contributed by atoms with van der Waals surface area (Å²) in [7, 11) is 0. The number of nitrogens with zero attached hydrogens (tertiary/aromatic N) is 13. The largest absolute Gasteiger partial charge is 0.393 e. The monoisotopic (exact) mass is 942 g/mol. The molecule has 4 fully saturated rings. The van der Waals surface area contributed by atoms with Crippen molar-refractivity contribution in [2.24, 2.45) is 33.9 Å². The Morgan fingerprint density at radius 3 is 1.91 bits per heavy atom. The molecule has 21 heteroatoms. The highest BCUT2D eigenvalue weighted by Gasteiger charge is 2.42. The van der Waals surface area contributed by atoms with E-state index in [-0.39, 0.29) is 12.1 Å². The first kappa shape index (κ1) is 33.3. The SMILES string of the molecule is Brc1nn2c(I)cnc2s1.[N-]=[N+]=N[C@H]1C[C@H]2CN(c3nn4c(I)cnc4s3)C[C@H]2C[C@@H]1O.[N-]=[N+]=N[C@H]1C[C@H]2CNC[C@H]2C[C@@H]1O. The minimum atomic E-state index is -0.522. The van der Waals surface area contributed by atoms with Crippen LogP contribution in [0.1, 0.15) is 25.7 Å². The predicted octanol–water partition coefficient (Wildman–Crippen LogP) is 5.09. The third kappa shape index (κ3) is 7.46. The van der Waals surface area contributed by atoms with E-state index < -0.39 is 12.2 Å². The van der Waals surface area contributed by atoms with E-state index in [1.807, 2.05) is 10.7 Å². The van der Waals surface area contributed by atoms with Crippen LogP contribution in [0.4, 0.5) is 5.13 Å². The fraction of sp³-hybridized carbons (Fsp3) is 0.667. The van der Waals surface area contributed by atoms with Gasteiger partial charge in [-0.3, -0.25) is 0 Å². The molecule has 0 bridgehead atoms. The maximum absolute atomic E-state index is 10.1. The van der Waals surface area contributed by atoms with E-state index in [0.29, 0.717) is 30.1 Å². The van der Waals surface area contributed by atoms with Gasteiger partial charge in [0.1, 0.15) is 7.40 Å². The van der Waals surface area contributed by atoms with Gasteiger partial charge >= 0.3 is 0 Å². The molecule has 2 saturated carbocycles. The highest BCUT2D eigenvalue weighted by Crippen LogP contribution is 2.40. The molecule has 0 unspecified atom stereocenters. The number of azide groups is 2. The molecule has 4 aromatic heterocycles. The van der Waals surface area contributed by atoms with E-state index in [9.17, 15) is 10.2 Å². The molecule has 45 heavy (non-hydrogen) atoms. The maximum atomic E-state index is 10.1. The number of anilines is 1. The summed E-state index contributed by atoms with van der Waals surface area (Å²) in [6, 6.07) is -0.494. The lowest BCUT2D eigenvalue weighted by molar-refractivity contribution is 0.0664. The van der Waals surface area contributed by atoms with Crippen LogP contribution in [0, 0.1) is 31.1 Å². The summed E-state index contributed by atoms with van der Waals surface area (Å²) in [5.74, 6) is 2.07. The van der Waals surface area contributed by atoms with Crippen molar-refractivity contribution in [2.45, 2.75) is 50.0 Å². The highest BCUT2D eigenvalue weighted by molar-refractivity contribution is 14.1. The molecule has 16 nitrogen and oxygen atoms in total. The number of imidazole rings is 2. The van der Waals surface area contributed by atoms with E-state index >= 15 is 0 Å². The Balaban J connectivity index is 0.000000131. The number of aliphatic hydroxyl groups excluding tert-OH is 2. The zero-order valence-corrected chi connectivity index (χ0v) is 31.1. The van der Waals surface area contributed by atoms with Gasteiger partial charge in [0.25, 0.3) is 0 Å². The van der Waals surface area contributed by atoms with Gasteiger partial charge in [-0.25, -0.2) is 9.97 Å². The standard InChI is InChI=1S/C12H14IN7OS.C8H14N4O.C4HBrIN3S/c13-10-3-15-11-20(10)17-12(22-11)19-4-6-1-8(16-18-14)9(21)2-7(6)5-19;9-12-11-7-1-5-3-10-4-6(5)2-8(7)13;5-3-8-9-2(6)1-7-4(9)10-3/h3,6-9,21H,1-2,4-5H2;5-8,10,13H,1-4H2;1H/t6-,7+,8-,9-;5-,6+,7-,8-;/m00./s1. The first-order valence-corrected chi connectivity index (χ1v) is 18.9. The minimum Gasteiger partial charge on any atom is -0.393 e. The van der Waals surface area contributed by atoms with Crippen LogP contribution in [0.3, 0.4) is 0 Å². The zero-order valence-electron chi connectivity index (χ0n) is 23.6. The van der Waals surface area contributed by atoms with Crippen LogP contribution in [-0.2, 0) is 0 Å². The van der Waals surface area contributed by atoms with E-state index in [1.54, 1.807) is 22.0 Å². The van der Waals surface area contributed by atoms with Crippen LogP contribution in [-0.4, -0.2) is 89.9 Å². The summed E-state index contributed by atoms with van der Waals surface area (Å²) in [4.78, 5) is 18.2. The molecule has 3 N–H and O–H groups in total. The van der Waals surface area contributed by atoms with Gasteiger partial charge in [0.05, 0.1) is 36.7 Å². The average molecular weight is 943 g/mol. The Morgan fingerprint density at radius 1 is 0.822 bits per heavy atom. The number of aliphatic hydroxyl groups is 2. The molecule has 2 saturated heterocycles. The maximum Gasteiger partial charge on any atom is 0.214 e. The molecule has 240 valence electrons. The number of hydrogen-bond donors (Lipinski definition) is 3. The van der Waals surface area contributed by atoms with Gasteiger partial charge in [0, 0.05) is 22.9 Å². The fourth-order valence-corrected chi connectivity index (χ4v) is 10.0. The van der Waals surface area contributed by atoms with Crippen LogP contribution in [0.15, 0.2) is 26.5 Å². The Hall–Kier alpha value is -1.56. The summed E-state index contributed by atoms with van der Waals surface area (Å²) >= 11 is 10.8. The van der Waals surface area contributed by atoms with Gasteiger partial charge in [-0.15, -0.1) is 10.2 Å². The van der Waals surface area contributed by atoms with Gasteiger partial charge in [0.2, 0.25) is 15.1 Å². The van der Waals surface area contributed by atoms with E-state index in [0.717, 1.165) is 71.8 Å². The van der Waals surface area contributed by atoms with E-state index in [4.69, 9.17) is 11.1 Å². The molecule has 8 rings (SSSR count). The van der Waals surface area contributed by atoms with Crippen molar-refractivity contribution in [3.05, 3.63) is 44.6 Å². The topological polar surface area (TPSA) is 214 Å². The summed E-state index contributed by atoms with van der Waals surface area (Å²) in [6.07, 6.45) is 5.73. The first-order chi connectivity index (χ1) is 21.7. The predicted molar refractivity (Wildman–Crippen MR) is 190 cm³/mol. The number of aromatic nitrogens is 6. The molecule has 8 atom stereocenters. The Kier molecular flexibility index (Phi) is 10.9. The van der Waals surface area contributed by atoms with Crippen molar-refractivity contribution < 1.29 is 10.2 Å². The second-order valence-corrected chi connectivity index (χ2v) is 16.9. The van der Waals surface area contributed by atoms with Gasteiger partial charge < -0.3 is 20.4 Å². The fourth-order valence-electron chi connectivity index (χ4n) is 6.65. The Morgan fingerprint density at radius 2 is 1.33 bits per heavy atom. The normalized spacial score (nSPS) is 30.4. The van der Waals surface area contributed by atoms with Crippen molar-refractivity contribution in [3.8, 4) is 0 Å². The molecule has 0 radical (unpaired) electrons.